The second kappa shape index (κ2) is 6.89. The highest BCUT2D eigenvalue weighted by Crippen LogP contribution is 2.24. The quantitative estimate of drug-likeness (QED) is 0.763. The number of ether oxygens (including phenoxy) is 1. The molecule has 0 aliphatic carbocycles. The molecular weight excluding hydrogens is 228 g/mol. The van der Waals surface area contributed by atoms with Gasteiger partial charge in [-0.1, -0.05) is 19.4 Å². The van der Waals surface area contributed by atoms with Gasteiger partial charge in [0.15, 0.2) is 0 Å². The minimum absolute atomic E-state index is 0.136. The lowest BCUT2D eigenvalue weighted by molar-refractivity contribution is 0.0935. The van der Waals surface area contributed by atoms with Crippen molar-refractivity contribution in [3.05, 3.63) is 23.8 Å². The first-order valence-electron chi connectivity index (χ1n) is 6.42. The van der Waals surface area contributed by atoms with Crippen LogP contribution in [0.15, 0.2) is 18.2 Å². The van der Waals surface area contributed by atoms with E-state index in [0.717, 1.165) is 12.8 Å². The van der Waals surface area contributed by atoms with E-state index in [1.165, 1.54) is 0 Å². The summed E-state index contributed by atoms with van der Waals surface area (Å²) in [6.07, 6.45) is 1.98. The molecule has 1 aromatic carbocycles. The predicted octanol–water partition coefficient (Wildman–Crippen LogP) is 2.59. The molecule has 0 aliphatic rings. The lowest BCUT2D eigenvalue weighted by atomic mass is 10.1. The summed E-state index contributed by atoms with van der Waals surface area (Å²) in [4.78, 5) is 12.2. The smallest absolute Gasteiger partial charge is 0.257 e. The van der Waals surface area contributed by atoms with Crippen LogP contribution < -0.4 is 15.8 Å². The third kappa shape index (κ3) is 3.65. The second-order valence-corrected chi connectivity index (χ2v) is 4.32. The molecule has 4 nitrogen and oxygen atoms in total. The van der Waals surface area contributed by atoms with Gasteiger partial charge in [0.25, 0.3) is 5.91 Å². The Labute approximate surface area is 109 Å². The number of nitrogen functional groups attached to an aromatic ring is 1. The number of amides is 1. The molecule has 0 saturated heterocycles. The summed E-state index contributed by atoms with van der Waals surface area (Å²) in [5.74, 6) is 0.371. The number of anilines is 1. The summed E-state index contributed by atoms with van der Waals surface area (Å²) in [6.45, 7) is 6.46. The highest BCUT2D eigenvalue weighted by Gasteiger charge is 2.17. The monoisotopic (exact) mass is 250 g/mol. The van der Waals surface area contributed by atoms with E-state index in [0.29, 0.717) is 23.6 Å². The van der Waals surface area contributed by atoms with Crippen LogP contribution in [0.3, 0.4) is 0 Å². The van der Waals surface area contributed by atoms with Crippen molar-refractivity contribution in [3.8, 4) is 5.75 Å². The third-order valence-corrected chi connectivity index (χ3v) is 2.68. The molecule has 4 heteroatoms. The Morgan fingerprint density at radius 1 is 1.44 bits per heavy atom. The van der Waals surface area contributed by atoms with Crippen molar-refractivity contribution in [1.82, 2.24) is 5.32 Å². The zero-order valence-electron chi connectivity index (χ0n) is 11.3. The number of nitrogens with one attached hydrogen (secondary N) is 1. The van der Waals surface area contributed by atoms with E-state index in [-0.39, 0.29) is 11.9 Å². The standard InChI is InChI=1S/C14H22N2O2/c1-4-7-10(3)16-14(17)13-11(15)8-6-9-12(13)18-5-2/h6,8-10H,4-5,7,15H2,1-3H3,(H,16,17). The fraction of sp³-hybridized carbons (Fsp3) is 0.500. The summed E-state index contributed by atoms with van der Waals surface area (Å²) in [5, 5.41) is 2.94. The molecule has 0 heterocycles. The molecular formula is C14H22N2O2. The van der Waals surface area contributed by atoms with Gasteiger partial charge in [0, 0.05) is 11.7 Å². The van der Waals surface area contributed by atoms with Gasteiger partial charge in [0.2, 0.25) is 0 Å². The van der Waals surface area contributed by atoms with Gasteiger partial charge in [-0.2, -0.15) is 0 Å². The Balaban J connectivity index is 2.90. The SMILES string of the molecule is CCCC(C)NC(=O)c1c(N)cccc1OCC. The summed E-state index contributed by atoms with van der Waals surface area (Å²) in [7, 11) is 0. The second-order valence-electron chi connectivity index (χ2n) is 4.32. The highest BCUT2D eigenvalue weighted by molar-refractivity contribution is 6.02. The lowest BCUT2D eigenvalue weighted by Gasteiger charge is -2.16. The first-order chi connectivity index (χ1) is 8.60. The summed E-state index contributed by atoms with van der Waals surface area (Å²) in [6, 6.07) is 5.39. The molecule has 0 spiro atoms. The zero-order chi connectivity index (χ0) is 13.5. The Hall–Kier alpha value is -1.71. The number of carbonyl (C=O) groups excluding carboxylic acids is 1. The number of benzene rings is 1. The van der Waals surface area contributed by atoms with Crippen LogP contribution in [-0.2, 0) is 0 Å². The van der Waals surface area contributed by atoms with Crippen LogP contribution in [0.4, 0.5) is 5.69 Å². The van der Waals surface area contributed by atoms with Gasteiger partial charge in [0.1, 0.15) is 11.3 Å². The van der Waals surface area contributed by atoms with Crippen LogP contribution in [-0.4, -0.2) is 18.6 Å². The van der Waals surface area contributed by atoms with Crippen molar-refractivity contribution >= 4 is 11.6 Å². The van der Waals surface area contributed by atoms with E-state index in [4.69, 9.17) is 10.5 Å². The van der Waals surface area contributed by atoms with Gasteiger partial charge in [-0.05, 0) is 32.4 Å². The molecule has 1 atom stereocenters. The zero-order valence-corrected chi connectivity index (χ0v) is 11.3. The lowest BCUT2D eigenvalue weighted by Crippen LogP contribution is -2.33. The summed E-state index contributed by atoms with van der Waals surface area (Å²) in [5.41, 5.74) is 6.74. The maximum Gasteiger partial charge on any atom is 0.257 e. The van der Waals surface area contributed by atoms with Crippen molar-refractivity contribution in [2.45, 2.75) is 39.7 Å². The average Bonchev–Trinajstić information content (AvgIpc) is 2.29. The summed E-state index contributed by atoms with van der Waals surface area (Å²) >= 11 is 0. The topological polar surface area (TPSA) is 64.4 Å². The molecule has 100 valence electrons. The van der Waals surface area contributed by atoms with E-state index in [2.05, 4.69) is 12.2 Å². The largest absolute Gasteiger partial charge is 0.493 e. The molecule has 0 aromatic heterocycles. The molecule has 0 saturated carbocycles. The molecule has 1 amide bonds. The van der Waals surface area contributed by atoms with E-state index in [1.807, 2.05) is 13.8 Å². The van der Waals surface area contributed by atoms with Gasteiger partial charge >= 0.3 is 0 Å². The Bertz CT molecular complexity index is 405. The fourth-order valence-corrected chi connectivity index (χ4v) is 1.87. The Morgan fingerprint density at radius 3 is 2.78 bits per heavy atom. The first kappa shape index (κ1) is 14.4. The van der Waals surface area contributed by atoms with Crippen molar-refractivity contribution in [1.29, 1.82) is 0 Å². The Morgan fingerprint density at radius 2 is 2.17 bits per heavy atom. The van der Waals surface area contributed by atoms with Crippen LogP contribution >= 0.6 is 0 Å². The third-order valence-electron chi connectivity index (χ3n) is 2.68. The fourth-order valence-electron chi connectivity index (χ4n) is 1.87. The maximum atomic E-state index is 12.2. The van der Waals surface area contributed by atoms with Crippen LogP contribution in [0.1, 0.15) is 44.0 Å². The van der Waals surface area contributed by atoms with Gasteiger partial charge in [0.05, 0.1) is 6.61 Å². The van der Waals surface area contributed by atoms with Crippen molar-refractivity contribution < 1.29 is 9.53 Å². The van der Waals surface area contributed by atoms with Gasteiger partial charge in [-0.25, -0.2) is 0 Å². The van der Waals surface area contributed by atoms with Crippen LogP contribution in [0.5, 0.6) is 5.75 Å². The van der Waals surface area contributed by atoms with Gasteiger partial charge < -0.3 is 15.8 Å². The number of carbonyl (C=O) groups is 1. The highest BCUT2D eigenvalue weighted by atomic mass is 16.5. The van der Waals surface area contributed by atoms with Crippen LogP contribution in [0.25, 0.3) is 0 Å². The number of rotatable bonds is 6. The molecule has 0 bridgehead atoms. The normalized spacial score (nSPS) is 11.9. The maximum absolute atomic E-state index is 12.2. The van der Waals surface area contributed by atoms with E-state index in [9.17, 15) is 4.79 Å². The van der Waals surface area contributed by atoms with E-state index >= 15 is 0 Å². The van der Waals surface area contributed by atoms with Crippen LogP contribution in [0, 0.1) is 0 Å². The summed E-state index contributed by atoms with van der Waals surface area (Å²) < 4.78 is 5.44. The molecule has 0 radical (unpaired) electrons. The van der Waals surface area contributed by atoms with Crippen molar-refractivity contribution in [3.63, 3.8) is 0 Å². The molecule has 1 aromatic rings. The molecule has 3 N–H and O–H groups in total. The van der Waals surface area contributed by atoms with E-state index in [1.54, 1.807) is 18.2 Å². The number of hydrogen-bond acceptors (Lipinski definition) is 3. The minimum Gasteiger partial charge on any atom is -0.493 e. The van der Waals surface area contributed by atoms with Gasteiger partial charge in [-0.15, -0.1) is 0 Å². The van der Waals surface area contributed by atoms with Crippen LogP contribution in [0.2, 0.25) is 0 Å². The average molecular weight is 250 g/mol. The minimum atomic E-state index is -0.169. The predicted molar refractivity (Wildman–Crippen MR) is 73.9 cm³/mol. The Kier molecular flexibility index (Phi) is 5.49. The molecule has 1 unspecified atom stereocenters. The first-order valence-corrected chi connectivity index (χ1v) is 6.42. The molecule has 0 aliphatic heterocycles. The number of hydrogen-bond donors (Lipinski definition) is 2. The van der Waals surface area contributed by atoms with Gasteiger partial charge in [-0.3, -0.25) is 4.79 Å². The molecule has 0 fully saturated rings. The van der Waals surface area contributed by atoms with Crippen molar-refractivity contribution in [2.75, 3.05) is 12.3 Å². The van der Waals surface area contributed by atoms with E-state index < -0.39 is 0 Å². The van der Waals surface area contributed by atoms with Crippen molar-refractivity contribution in [2.24, 2.45) is 0 Å². The number of nitrogens with two attached hydrogens (primary N) is 1. The molecule has 18 heavy (non-hydrogen) atoms. The molecule has 1 rings (SSSR count).